The monoisotopic (exact) mass is 223 g/mol. The number of hydrogen-bond donors (Lipinski definition) is 2. The van der Waals surface area contributed by atoms with E-state index in [-0.39, 0.29) is 0 Å². The highest BCUT2D eigenvalue weighted by atomic mass is 16.5. The number of nitrogens with one attached hydrogen (secondary N) is 1. The summed E-state index contributed by atoms with van der Waals surface area (Å²) in [6, 6.07) is 1.34. The van der Waals surface area contributed by atoms with Gasteiger partial charge in [-0.1, -0.05) is 0 Å². The summed E-state index contributed by atoms with van der Waals surface area (Å²) >= 11 is 0. The van der Waals surface area contributed by atoms with Crippen LogP contribution >= 0.6 is 0 Å². The van der Waals surface area contributed by atoms with Crippen LogP contribution in [-0.2, 0) is 9.53 Å². The molecule has 1 heterocycles. The van der Waals surface area contributed by atoms with E-state index in [1.54, 1.807) is 19.5 Å². The Balaban J connectivity index is 2.78. The molecule has 0 aliphatic rings. The predicted octanol–water partition coefficient (Wildman–Crippen LogP) is 0.152. The van der Waals surface area contributed by atoms with E-state index in [4.69, 9.17) is 10.5 Å². The lowest BCUT2D eigenvalue weighted by atomic mass is 10.0. The Hall–Kier alpha value is -1.46. The second kappa shape index (κ2) is 6.19. The minimum Gasteiger partial charge on any atom is -0.383 e. The Bertz CT molecular complexity index is 355. The van der Waals surface area contributed by atoms with Gasteiger partial charge in [0.2, 0.25) is 5.91 Å². The second-order valence-electron chi connectivity index (χ2n) is 3.51. The molecule has 0 fully saturated rings. The fourth-order valence-electron chi connectivity index (χ4n) is 1.45. The van der Waals surface area contributed by atoms with E-state index < -0.39 is 11.9 Å². The first kappa shape index (κ1) is 12.6. The Morgan fingerprint density at radius 1 is 1.69 bits per heavy atom. The molecule has 1 aromatic rings. The van der Waals surface area contributed by atoms with Crippen molar-refractivity contribution in [2.75, 3.05) is 20.3 Å². The van der Waals surface area contributed by atoms with Crippen molar-refractivity contribution in [3.05, 3.63) is 29.6 Å². The van der Waals surface area contributed by atoms with Crippen molar-refractivity contribution in [2.45, 2.75) is 13.0 Å². The van der Waals surface area contributed by atoms with Gasteiger partial charge in [0.1, 0.15) is 6.04 Å². The van der Waals surface area contributed by atoms with E-state index >= 15 is 0 Å². The number of aromatic nitrogens is 1. The van der Waals surface area contributed by atoms with Crippen LogP contribution in [0.1, 0.15) is 17.2 Å². The first-order valence-electron chi connectivity index (χ1n) is 5.09. The third kappa shape index (κ3) is 3.29. The summed E-state index contributed by atoms with van der Waals surface area (Å²) in [4.78, 5) is 15.3. The Morgan fingerprint density at radius 2 is 2.44 bits per heavy atom. The molecule has 0 spiro atoms. The quantitative estimate of drug-likeness (QED) is 0.673. The van der Waals surface area contributed by atoms with Crippen molar-refractivity contribution in [1.29, 1.82) is 0 Å². The number of aryl methyl sites for hydroxylation is 1. The maximum atomic E-state index is 11.3. The summed E-state index contributed by atoms with van der Waals surface area (Å²) in [5.41, 5.74) is 7.15. The number of hydrogen-bond acceptors (Lipinski definition) is 4. The van der Waals surface area contributed by atoms with Crippen LogP contribution in [0.15, 0.2) is 18.5 Å². The highest BCUT2D eigenvalue weighted by Gasteiger charge is 2.18. The van der Waals surface area contributed by atoms with Gasteiger partial charge in [-0.15, -0.1) is 0 Å². The Labute approximate surface area is 95.0 Å². The summed E-state index contributed by atoms with van der Waals surface area (Å²) in [5.74, 6) is -0.410. The predicted molar refractivity (Wildman–Crippen MR) is 60.8 cm³/mol. The standard InChI is InChI=1S/C11H17N3O2/c1-8-3-4-13-7-9(8)10(11(12)15)14-5-6-16-2/h3-4,7,10,14H,5-6H2,1-2H3,(H2,12,15). The molecular weight excluding hydrogens is 206 g/mol. The number of amides is 1. The first-order chi connectivity index (χ1) is 7.66. The van der Waals surface area contributed by atoms with E-state index in [1.165, 1.54) is 0 Å². The van der Waals surface area contributed by atoms with Crippen molar-refractivity contribution in [3.8, 4) is 0 Å². The van der Waals surface area contributed by atoms with Gasteiger partial charge in [-0.05, 0) is 24.1 Å². The molecule has 0 aromatic carbocycles. The van der Waals surface area contributed by atoms with Gasteiger partial charge >= 0.3 is 0 Å². The van der Waals surface area contributed by atoms with E-state index in [2.05, 4.69) is 10.3 Å². The molecular formula is C11H17N3O2. The van der Waals surface area contributed by atoms with E-state index in [9.17, 15) is 4.79 Å². The van der Waals surface area contributed by atoms with Crippen LogP contribution in [0.5, 0.6) is 0 Å². The Kier molecular flexibility index (Phi) is 4.88. The topological polar surface area (TPSA) is 77.2 Å². The van der Waals surface area contributed by atoms with Crippen LogP contribution in [-0.4, -0.2) is 31.2 Å². The molecule has 1 rings (SSSR count). The number of carbonyl (C=O) groups excluding carboxylic acids is 1. The molecule has 0 saturated carbocycles. The highest BCUT2D eigenvalue weighted by Crippen LogP contribution is 2.15. The summed E-state index contributed by atoms with van der Waals surface area (Å²) < 4.78 is 4.91. The number of ether oxygens (including phenoxy) is 1. The number of carbonyl (C=O) groups is 1. The van der Waals surface area contributed by atoms with Gasteiger partial charge in [0, 0.05) is 26.0 Å². The summed E-state index contributed by atoms with van der Waals surface area (Å²) in [6.07, 6.45) is 3.34. The van der Waals surface area contributed by atoms with Crippen LogP contribution in [0, 0.1) is 6.92 Å². The highest BCUT2D eigenvalue weighted by molar-refractivity contribution is 5.81. The van der Waals surface area contributed by atoms with Gasteiger partial charge in [-0.3, -0.25) is 15.1 Å². The normalized spacial score (nSPS) is 12.4. The lowest BCUT2D eigenvalue weighted by Gasteiger charge is -2.17. The van der Waals surface area contributed by atoms with E-state index in [0.29, 0.717) is 13.2 Å². The maximum Gasteiger partial charge on any atom is 0.239 e. The SMILES string of the molecule is COCCNC(C(N)=O)c1cnccc1C. The van der Waals surface area contributed by atoms with Gasteiger partial charge in [0.15, 0.2) is 0 Å². The molecule has 1 atom stereocenters. The zero-order valence-electron chi connectivity index (χ0n) is 9.56. The zero-order chi connectivity index (χ0) is 12.0. The lowest BCUT2D eigenvalue weighted by molar-refractivity contribution is -0.120. The molecule has 0 aliphatic heterocycles. The number of primary amides is 1. The van der Waals surface area contributed by atoms with Gasteiger partial charge in [-0.25, -0.2) is 0 Å². The molecule has 5 heteroatoms. The van der Waals surface area contributed by atoms with E-state index in [0.717, 1.165) is 11.1 Å². The lowest BCUT2D eigenvalue weighted by Crippen LogP contribution is -2.35. The van der Waals surface area contributed by atoms with Crippen molar-refractivity contribution >= 4 is 5.91 Å². The first-order valence-corrected chi connectivity index (χ1v) is 5.09. The molecule has 5 nitrogen and oxygen atoms in total. The number of rotatable bonds is 6. The van der Waals surface area contributed by atoms with Gasteiger partial charge in [0.05, 0.1) is 6.61 Å². The average Bonchev–Trinajstić information content (AvgIpc) is 2.25. The molecule has 0 radical (unpaired) electrons. The number of methoxy groups -OCH3 is 1. The van der Waals surface area contributed by atoms with E-state index in [1.807, 2.05) is 13.0 Å². The molecule has 1 amide bonds. The number of nitrogens with two attached hydrogens (primary N) is 1. The molecule has 88 valence electrons. The van der Waals surface area contributed by atoms with Gasteiger partial charge < -0.3 is 10.5 Å². The van der Waals surface area contributed by atoms with Crippen LogP contribution in [0.3, 0.4) is 0 Å². The summed E-state index contributed by atoms with van der Waals surface area (Å²) in [5, 5.41) is 3.04. The van der Waals surface area contributed by atoms with Crippen LogP contribution < -0.4 is 11.1 Å². The fraction of sp³-hybridized carbons (Fsp3) is 0.455. The smallest absolute Gasteiger partial charge is 0.239 e. The second-order valence-corrected chi connectivity index (χ2v) is 3.51. The molecule has 3 N–H and O–H groups in total. The third-order valence-electron chi connectivity index (χ3n) is 2.33. The van der Waals surface area contributed by atoms with Crippen LogP contribution in [0.25, 0.3) is 0 Å². The maximum absolute atomic E-state index is 11.3. The van der Waals surface area contributed by atoms with Gasteiger partial charge in [-0.2, -0.15) is 0 Å². The van der Waals surface area contributed by atoms with Gasteiger partial charge in [0.25, 0.3) is 0 Å². The molecule has 0 saturated heterocycles. The number of nitrogens with zero attached hydrogens (tertiary/aromatic N) is 1. The fourth-order valence-corrected chi connectivity index (χ4v) is 1.45. The number of pyridine rings is 1. The largest absolute Gasteiger partial charge is 0.383 e. The average molecular weight is 223 g/mol. The van der Waals surface area contributed by atoms with Crippen molar-refractivity contribution < 1.29 is 9.53 Å². The van der Waals surface area contributed by atoms with Crippen molar-refractivity contribution in [1.82, 2.24) is 10.3 Å². The minimum atomic E-state index is -0.510. The molecule has 0 bridgehead atoms. The van der Waals surface area contributed by atoms with Crippen molar-refractivity contribution in [2.24, 2.45) is 5.73 Å². The summed E-state index contributed by atoms with van der Waals surface area (Å²) in [6.45, 7) is 3.02. The summed E-state index contributed by atoms with van der Waals surface area (Å²) in [7, 11) is 1.61. The zero-order valence-corrected chi connectivity index (χ0v) is 9.56. The third-order valence-corrected chi connectivity index (χ3v) is 2.33. The molecule has 1 aromatic heterocycles. The van der Waals surface area contributed by atoms with Crippen LogP contribution in [0.2, 0.25) is 0 Å². The molecule has 1 unspecified atom stereocenters. The minimum absolute atomic E-state index is 0.410. The molecule has 16 heavy (non-hydrogen) atoms. The van der Waals surface area contributed by atoms with Crippen LogP contribution in [0.4, 0.5) is 0 Å². The molecule has 0 aliphatic carbocycles. The van der Waals surface area contributed by atoms with Crippen molar-refractivity contribution in [3.63, 3.8) is 0 Å². The Morgan fingerprint density at radius 3 is 3.00 bits per heavy atom.